The van der Waals surface area contributed by atoms with E-state index >= 15 is 0 Å². The zero-order valence-corrected chi connectivity index (χ0v) is 11.3. The summed E-state index contributed by atoms with van der Waals surface area (Å²) in [6, 6.07) is 0. The second-order valence-corrected chi connectivity index (χ2v) is 5.04. The van der Waals surface area contributed by atoms with Crippen LogP contribution in [0.5, 0.6) is 0 Å². The normalized spacial score (nSPS) is 10.5. The summed E-state index contributed by atoms with van der Waals surface area (Å²) in [5, 5.41) is 0.478. The summed E-state index contributed by atoms with van der Waals surface area (Å²) in [5.74, 6) is 0. The van der Waals surface area contributed by atoms with Crippen molar-refractivity contribution in [1.82, 2.24) is 0 Å². The molecule has 0 bridgehead atoms. The van der Waals surface area contributed by atoms with E-state index in [0.717, 1.165) is 23.1 Å². The molecule has 78 valence electrons. The van der Waals surface area contributed by atoms with Crippen molar-refractivity contribution in [3.8, 4) is 0 Å². The smallest absolute Gasteiger partial charge is 0.100 e. The molecule has 0 fully saturated rings. The molecule has 0 saturated heterocycles. The molecule has 0 N–H and O–H groups in total. The number of unbranched alkanes of at least 4 members (excludes halogenated alkanes) is 7. The van der Waals surface area contributed by atoms with E-state index in [-0.39, 0.29) is 0 Å². The molecule has 0 unspecified atom stereocenters. The SMILES string of the molecule is CCCCCCCCCCC(=O)[SiH3]. The Labute approximate surface area is 85.7 Å². The van der Waals surface area contributed by atoms with Crippen LogP contribution in [-0.2, 0) is 4.79 Å². The largest absolute Gasteiger partial charge is 0.307 e. The summed E-state index contributed by atoms with van der Waals surface area (Å²) in [6.45, 7) is 2.25. The Kier molecular flexibility index (Phi) is 9.88. The van der Waals surface area contributed by atoms with Crippen LogP contribution in [-0.4, -0.2) is 15.6 Å². The third kappa shape index (κ3) is 11.9. The lowest BCUT2D eigenvalue weighted by atomic mass is 10.1. The van der Waals surface area contributed by atoms with Crippen LogP contribution in [0.15, 0.2) is 0 Å². The zero-order chi connectivity index (χ0) is 9.94. The molecule has 0 aliphatic carbocycles. The van der Waals surface area contributed by atoms with Gasteiger partial charge in [0.1, 0.15) is 5.41 Å². The summed E-state index contributed by atoms with van der Waals surface area (Å²) in [6.07, 6.45) is 11.5. The molecular formula is C11H24OSi. The monoisotopic (exact) mass is 200 g/mol. The molecule has 2 heteroatoms. The predicted molar refractivity (Wildman–Crippen MR) is 62.2 cm³/mol. The number of carbonyl (C=O) groups is 1. The minimum atomic E-state index is 0.478. The Bertz CT molecular complexity index is 123. The standard InChI is InChI=1S/C11H24OSi/c1-2-3-4-5-6-7-8-9-10-11(12)13/h2-10H2,1,13H3. The first-order valence-corrected chi connectivity index (χ1v) is 6.76. The zero-order valence-electron chi connectivity index (χ0n) is 9.27. The molecule has 0 atom stereocenters. The number of carbonyl (C=O) groups excluding carboxylic acids is 1. The van der Waals surface area contributed by atoms with Gasteiger partial charge in [0.25, 0.3) is 0 Å². The fourth-order valence-corrected chi connectivity index (χ4v) is 1.86. The molecule has 0 aromatic carbocycles. The first kappa shape index (κ1) is 12.9. The number of rotatable bonds is 9. The van der Waals surface area contributed by atoms with Crippen LogP contribution in [0.3, 0.4) is 0 Å². The molecule has 0 radical (unpaired) electrons. The van der Waals surface area contributed by atoms with Gasteiger partial charge in [-0.3, -0.25) is 0 Å². The van der Waals surface area contributed by atoms with E-state index in [2.05, 4.69) is 6.92 Å². The van der Waals surface area contributed by atoms with Crippen molar-refractivity contribution < 1.29 is 4.79 Å². The van der Waals surface area contributed by atoms with Gasteiger partial charge in [-0.05, 0) is 6.42 Å². The van der Waals surface area contributed by atoms with Gasteiger partial charge in [-0.15, -0.1) is 0 Å². The van der Waals surface area contributed by atoms with Gasteiger partial charge in [0, 0.05) is 6.42 Å². The minimum Gasteiger partial charge on any atom is -0.307 e. The van der Waals surface area contributed by atoms with Crippen LogP contribution in [0.25, 0.3) is 0 Å². The molecule has 1 nitrogen and oxygen atoms in total. The molecule has 0 amide bonds. The van der Waals surface area contributed by atoms with Crippen molar-refractivity contribution in [2.45, 2.75) is 64.7 Å². The first-order chi connectivity index (χ1) is 6.27. The molecule has 0 aliphatic rings. The highest BCUT2D eigenvalue weighted by Gasteiger charge is 1.93. The molecule has 0 aliphatic heterocycles. The molecule has 0 aromatic rings. The fraction of sp³-hybridized carbons (Fsp3) is 0.909. The lowest BCUT2D eigenvalue weighted by Crippen LogP contribution is -1.94. The van der Waals surface area contributed by atoms with E-state index in [4.69, 9.17) is 0 Å². The van der Waals surface area contributed by atoms with Gasteiger partial charge in [0.05, 0.1) is 10.2 Å². The van der Waals surface area contributed by atoms with E-state index in [9.17, 15) is 4.79 Å². The third-order valence-electron chi connectivity index (χ3n) is 2.38. The molecule has 0 rings (SSSR count). The lowest BCUT2D eigenvalue weighted by Gasteiger charge is -1.99. The number of hydrogen-bond acceptors (Lipinski definition) is 1. The average molecular weight is 200 g/mol. The maximum Gasteiger partial charge on any atom is 0.100 e. The van der Waals surface area contributed by atoms with Gasteiger partial charge < -0.3 is 4.79 Å². The molecule has 0 saturated carbocycles. The van der Waals surface area contributed by atoms with Gasteiger partial charge in [0.2, 0.25) is 0 Å². The van der Waals surface area contributed by atoms with E-state index in [1.807, 2.05) is 0 Å². The van der Waals surface area contributed by atoms with Gasteiger partial charge in [-0.2, -0.15) is 0 Å². The summed E-state index contributed by atoms with van der Waals surface area (Å²) >= 11 is 0. The lowest BCUT2D eigenvalue weighted by molar-refractivity contribution is -0.111. The Hall–Kier alpha value is -0.113. The van der Waals surface area contributed by atoms with Crippen LogP contribution in [0, 0.1) is 0 Å². The third-order valence-corrected chi connectivity index (χ3v) is 2.88. The average Bonchev–Trinajstić information content (AvgIpc) is 2.09. The van der Waals surface area contributed by atoms with Gasteiger partial charge in [-0.25, -0.2) is 0 Å². The van der Waals surface area contributed by atoms with Crippen molar-refractivity contribution in [3.63, 3.8) is 0 Å². The highest BCUT2D eigenvalue weighted by Crippen LogP contribution is 2.09. The van der Waals surface area contributed by atoms with Crippen molar-refractivity contribution in [2.75, 3.05) is 0 Å². The van der Waals surface area contributed by atoms with E-state index in [1.54, 1.807) is 0 Å². The van der Waals surface area contributed by atoms with Gasteiger partial charge >= 0.3 is 0 Å². The van der Waals surface area contributed by atoms with Crippen LogP contribution in [0.4, 0.5) is 0 Å². The van der Waals surface area contributed by atoms with E-state index < -0.39 is 0 Å². The van der Waals surface area contributed by atoms with Crippen molar-refractivity contribution in [1.29, 1.82) is 0 Å². The number of hydrogen-bond donors (Lipinski definition) is 0. The van der Waals surface area contributed by atoms with Crippen LogP contribution in [0.2, 0.25) is 0 Å². The Balaban J connectivity index is 2.87. The second-order valence-electron chi connectivity index (χ2n) is 3.93. The van der Waals surface area contributed by atoms with E-state index in [1.165, 1.54) is 44.9 Å². The molecular weight excluding hydrogens is 176 g/mol. The first-order valence-electron chi connectivity index (χ1n) is 5.76. The molecule has 0 aromatic heterocycles. The summed E-state index contributed by atoms with van der Waals surface area (Å²) in [4.78, 5) is 10.7. The van der Waals surface area contributed by atoms with Crippen molar-refractivity contribution in [3.05, 3.63) is 0 Å². The second kappa shape index (κ2) is 9.97. The maximum absolute atomic E-state index is 10.7. The fourth-order valence-electron chi connectivity index (χ4n) is 1.51. The van der Waals surface area contributed by atoms with Gasteiger partial charge in [0.15, 0.2) is 0 Å². The highest BCUT2D eigenvalue weighted by atomic mass is 28.1. The molecule has 13 heavy (non-hydrogen) atoms. The topological polar surface area (TPSA) is 17.1 Å². The Morgan fingerprint density at radius 2 is 1.38 bits per heavy atom. The Morgan fingerprint density at radius 3 is 1.85 bits per heavy atom. The quantitative estimate of drug-likeness (QED) is 0.413. The summed E-state index contributed by atoms with van der Waals surface area (Å²) in [5.41, 5.74) is 0. The molecule has 0 spiro atoms. The van der Waals surface area contributed by atoms with Crippen molar-refractivity contribution in [2.24, 2.45) is 0 Å². The molecule has 0 heterocycles. The predicted octanol–water partition coefficient (Wildman–Crippen LogP) is 2.41. The van der Waals surface area contributed by atoms with Crippen LogP contribution in [0.1, 0.15) is 64.7 Å². The van der Waals surface area contributed by atoms with E-state index in [0.29, 0.717) is 5.41 Å². The van der Waals surface area contributed by atoms with Gasteiger partial charge in [-0.1, -0.05) is 51.9 Å². The summed E-state index contributed by atoms with van der Waals surface area (Å²) < 4.78 is 0. The highest BCUT2D eigenvalue weighted by molar-refractivity contribution is 6.57. The Morgan fingerprint density at radius 1 is 0.923 bits per heavy atom. The van der Waals surface area contributed by atoms with Crippen LogP contribution >= 0.6 is 0 Å². The van der Waals surface area contributed by atoms with Crippen molar-refractivity contribution >= 4 is 15.6 Å². The van der Waals surface area contributed by atoms with Crippen LogP contribution < -0.4 is 0 Å². The summed E-state index contributed by atoms with van der Waals surface area (Å²) in [7, 11) is 0.751. The maximum atomic E-state index is 10.7. The minimum absolute atomic E-state index is 0.478.